The number of anilines is 1. The molecule has 0 bridgehead atoms. The first-order chi connectivity index (χ1) is 20.0. The zero-order valence-corrected chi connectivity index (χ0v) is 25.0. The van der Waals surface area contributed by atoms with Gasteiger partial charge in [0.1, 0.15) is 27.6 Å². The van der Waals surface area contributed by atoms with Crippen LogP contribution in [0.15, 0.2) is 65.6 Å². The van der Waals surface area contributed by atoms with Gasteiger partial charge < -0.3 is 24.4 Å². The van der Waals surface area contributed by atoms with Crippen molar-refractivity contribution in [2.24, 2.45) is 0 Å². The number of fused-ring (bicyclic) bond motifs is 1. The fourth-order valence-corrected chi connectivity index (χ4v) is 6.78. The van der Waals surface area contributed by atoms with Crippen LogP contribution < -0.4 is 23.8 Å². The van der Waals surface area contributed by atoms with E-state index in [1.807, 2.05) is 0 Å². The molecule has 4 rings (SSSR count). The van der Waals surface area contributed by atoms with E-state index in [4.69, 9.17) is 14.2 Å². The number of carbonyl (C=O) groups is 2. The third-order valence-electron chi connectivity index (χ3n) is 7.29. The molecule has 0 aliphatic carbocycles. The van der Waals surface area contributed by atoms with Crippen LogP contribution in [0, 0.1) is 11.3 Å². The van der Waals surface area contributed by atoms with Gasteiger partial charge in [-0.3, -0.25) is 9.59 Å². The highest BCUT2D eigenvalue weighted by Gasteiger charge is 2.57. The molecular weight excluding hydrogens is 560 g/mol. The van der Waals surface area contributed by atoms with Crippen molar-refractivity contribution < 1.29 is 32.2 Å². The molecular formula is C30H32N4O7S. The Morgan fingerprint density at radius 2 is 1.69 bits per heavy atom. The first-order valence-corrected chi connectivity index (χ1v) is 14.4. The van der Waals surface area contributed by atoms with Crippen molar-refractivity contribution in [1.82, 2.24) is 10.2 Å². The lowest BCUT2D eigenvalue weighted by Gasteiger charge is -2.32. The van der Waals surface area contributed by atoms with Gasteiger partial charge >= 0.3 is 0 Å². The molecule has 1 N–H and O–H groups in total. The number of benzene rings is 3. The van der Waals surface area contributed by atoms with Gasteiger partial charge in [0.2, 0.25) is 5.91 Å². The van der Waals surface area contributed by atoms with E-state index in [1.54, 1.807) is 45.3 Å². The van der Waals surface area contributed by atoms with Crippen LogP contribution >= 0.6 is 0 Å². The molecule has 220 valence electrons. The lowest BCUT2D eigenvalue weighted by Crippen LogP contribution is -2.53. The molecule has 3 aromatic carbocycles. The van der Waals surface area contributed by atoms with Gasteiger partial charge in [-0.15, -0.1) is 0 Å². The van der Waals surface area contributed by atoms with Crippen LogP contribution in [0.4, 0.5) is 5.69 Å². The van der Waals surface area contributed by atoms with Gasteiger partial charge in [0.25, 0.3) is 15.9 Å². The summed E-state index contributed by atoms with van der Waals surface area (Å²) in [5, 5.41) is 12.9. The van der Waals surface area contributed by atoms with Crippen molar-refractivity contribution in [3.63, 3.8) is 0 Å². The highest BCUT2D eigenvalue weighted by atomic mass is 32.2. The standard InChI is InChI=1S/C30H32N4O7S/c1-19(28(35)33(2)3)32-18-30(22-9-7-8-10-25(22)40-5)23-15-20(17-31)11-13-24(23)34(29(30)36)42(37,38)27-14-12-21(39-4)16-26(27)41-6/h7-16,19,32H,18H2,1-6H3. The number of sulfonamides is 1. The molecule has 2 atom stereocenters. The van der Waals surface area contributed by atoms with Crippen LogP contribution in [0.25, 0.3) is 0 Å². The molecule has 2 amide bonds. The third-order valence-corrected chi connectivity index (χ3v) is 9.03. The van der Waals surface area contributed by atoms with Crippen LogP contribution in [0.3, 0.4) is 0 Å². The lowest BCUT2D eigenvalue weighted by molar-refractivity contribution is -0.131. The molecule has 0 aromatic heterocycles. The number of nitriles is 1. The Morgan fingerprint density at radius 3 is 2.31 bits per heavy atom. The Kier molecular flexibility index (Phi) is 8.47. The van der Waals surface area contributed by atoms with Crippen LogP contribution in [0.2, 0.25) is 0 Å². The van der Waals surface area contributed by atoms with Crippen molar-refractivity contribution in [3.05, 3.63) is 77.4 Å². The Bertz CT molecular complexity index is 1680. The predicted octanol–water partition coefficient (Wildman–Crippen LogP) is 2.67. The van der Waals surface area contributed by atoms with Gasteiger partial charge in [0.15, 0.2) is 0 Å². The average Bonchev–Trinajstić information content (AvgIpc) is 3.26. The van der Waals surface area contributed by atoms with Crippen molar-refractivity contribution in [3.8, 4) is 23.3 Å². The summed E-state index contributed by atoms with van der Waals surface area (Å²) in [4.78, 5) is 28.7. The number of nitrogens with zero attached hydrogens (tertiary/aromatic N) is 3. The minimum atomic E-state index is -4.58. The van der Waals surface area contributed by atoms with E-state index >= 15 is 0 Å². The number of nitrogens with one attached hydrogen (secondary N) is 1. The van der Waals surface area contributed by atoms with Gasteiger partial charge in [-0.1, -0.05) is 18.2 Å². The van der Waals surface area contributed by atoms with E-state index < -0.39 is 27.4 Å². The highest BCUT2D eigenvalue weighted by molar-refractivity contribution is 7.93. The maximum absolute atomic E-state index is 14.8. The smallest absolute Gasteiger partial charge is 0.274 e. The summed E-state index contributed by atoms with van der Waals surface area (Å²) in [5.41, 5.74) is -0.785. The second kappa shape index (κ2) is 11.7. The Labute approximate surface area is 245 Å². The zero-order chi connectivity index (χ0) is 30.8. The molecule has 12 heteroatoms. The molecule has 2 unspecified atom stereocenters. The van der Waals surface area contributed by atoms with Crippen LogP contribution in [0.1, 0.15) is 23.6 Å². The van der Waals surface area contributed by atoms with Crippen LogP contribution in [-0.4, -0.2) is 73.1 Å². The first kappa shape index (κ1) is 30.4. The largest absolute Gasteiger partial charge is 0.497 e. The normalized spacial score (nSPS) is 16.8. The fraction of sp³-hybridized carbons (Fsp3) is 0.300. The quantitative estimate of drug-likeness (QED) is 0.377. The molecule has 1 aliphatic heterocycles. The molecule has 1 heterocycles. The molecule has 1 aliphatic rings. The van der Waals surface area contributed by atoms with E-state index in [0.29, 0.717) is 17.1 Å². The van der Waals surface area contributed by atoms with Crippen molar-refractivity contribution in [2.75, 3.05) is 46.3 Å². The number of hydrogen-bond acceptors (Lipinski definition) is 9. The number of methoxy groups -OCH3 is 3. The van der Waals surface area contributed by atoms with Crippen LogP contribution in [0.5, 0.6) is 17.2 Å². The Morgan fingerprint density at radius 1 is 1.00 bits per heavy atom. The predicted molar refractivity (Wildman–Crippen MR) is 155 cm³/mol. The van der Waals surface area contributed by atoms with E-state index in [2.05, 4.69) is 11.4 Å². The summed E-state index contributed by atoms with van der Waals surface area (Å²) in [6.45, 7) is 1.47. The molecule has 0 radical (unpaired) electrons. The maximum atomic E-state index is 14.8. The SMILES string of the molecule is COc1ccc(S(=O)(=O)N2C(=O)C(CNC(C)C(=O)N(C)C)(c3ccccc3OC)c3cc(C#N)ccc32)c(OC)c1. The first-order valence-electron chi connectivity index (χ1n) is 12.9. The van der Waals surface area contributed by atoms with Gasteiger partial charge in [0, 0.05) is 32.3 Å². The number of para-hydroxylation sites is 1. The van der Waals surface area contributed by atoms with E-state index in [0.717, 1.165) is 4.31 Å². The molecule has 11 nitrogen and oxygen atoms in total. The van der Waals surface area contributed by atoms with Crippen LogP contribution in [-0.2, 0) is 25.0 Å². The third kappa shape index (κ3) is 4.91. The summed E-state index contributed by atoms with van der Waals surface area (Å²) >= 11 is 0. The number of ether oxygens (including phenoxy) is 3. The van der Waals surface area contributed by atoms with Crippen molar-refractivity contribution in [1.29, 1.82) is 5.26 Å². The molecule has 42 heavy (non-hydrogen) atoms. The zero-order valence-electron chi connectivity index (χ0n) is 24.2. The topological polar surface area (TPSA) is 138 Å². The fourth-order valence-electron chi connectivity index (χ4n) is 5.15. The van der Waals surface area contributed by atoms with Gasteiger partial charge in [-0.25, -0.2) is 12.7 Å². The summed E-state index contributed by atoms with van der Waals surface area (Å²) in [6, 6.07) is 16.7. The summed E-state index contributed by atoms with van der Waals surface area (Å²) in [6.07, 6.45) is 0. The summed E-state index contributed by atoms with van der Waals surface area (Å²) in [5.74, 6) is -0.380. The second-order valence-corrected chi connectivity index (χ2v) is 11.6. The average molecular weight is 593 g/mol. The second-order valence-electron chi connectivity index (χ2n) is 9.88. The Balaban J connectivity index is 2.02. The number of likely N-dealkylation sites (N-methyl/N-ethyl adjacent to an activating group) is 1. The van der Waals surface area contributed by atoms with Gasteiger partial charge in [0.05, 0.1) is 44.7 Å². The van der Waals surface area contributed by atoms with Gasteiger partial charge in [-0.05, 0) is 48.9 Å². The van der Waals surface area contributed by atoms with E-state index in [9.17, 15) is 23.3 Å². The number of carbonyl (C=O) groups excluding carboxylic acids is 2. The van der Waals surface area contributed by atoms with Crippen molar-refractivity contribution in [2.45, 2.75) is 23.3 Å². The van der Waals surface area contributed by atoms with E-state index in [1.165, 1.54) is 62.6 Å². The number of hydrogen-bond donors (Lipinski definition) is 1. The Hall–Kier alpha value is -4.60. The highest BCUT2D eigenvalue weighted by Crippen LogP contribution is 2.51. The van der Waals surface area contributed by atoms with Crippen molar-refractivity contribution >= 4 is 27.5 Å². The minimum Gasteiger partial charge on any atom is -0.497 e. The monoisotopic (exact) mass is 592 g/mol. The molecule has 0 spiro atoms. The number of amides is 2. The van der Waals surface area contributed by atoms with Gasteiger partial charge in [-0.2, -0.15) is 5.26 Å². The minimum absolute atomic E-state index is 0.0181. The lowest BCUT2D eigenvalue weighted by atomic mass is 9.74. The molecule has 0 saturated carbocycles. The molecule has 3 aromatic rings. The summed E-state index contributed by atoms with van der Waals surface area (Å²) < 4.78 is 45.7. The van der Waals surface area contributed by atoms with E-state index in [-0.39, 0.29) is 39.9 Å². The number of rotatable bonds is 10. The molecule has 0 saturated heterocycles. The molecule has 0 fully saturated rings. The summed E-state index contributed by atoms with van der Waals surface area (Å²) in [7, 11) is 2.85. The maximum Gasteiger partial charge on any atom is 0.274 e.